The van der Waals surface area contributed by atoms with Gasteiger partial charge in [-0.1, -0.05) is 0 Å². The Balaban J connectivity index is 1.49. The summed E-state index contributed by atoms with van der Waals surface area (Å²) >= 11 is 3.20. The lowest BCUT2D eigenvalue weighted by Crippen LogP contribution is -2.07. The molecule has 4 aromatic rings. The summed E-state index contributed by atoms with van der Waals surface area (Å²) in [6, 6.07) is 7.00. The summed E-state index contributed by atoms with van der Waals surface area (Å²) in [5, 5.41) is 13.4. The predicted octanol–water partition coefficient (Wildman–Crippen LogP) is 6.25. The van der Waals surface area contributed by atoms with E-state index in [9.17, 15) is 9.18 Å². The van der Waals surface area contributed by atoms with Crippen molar-refractivity contribution in [3.8, 4) is 16.3 Å². The van der Waals surface area contributed by atoms with Gasteiger partial charge in [0.15, 0.2) is 0 Å². The molecule has 178 valence electrons. The van der Waals surface area contributed by atoms with Crippen LogP contribution in [0.4, 0.5) is 10.2 Å². The van der Waals surface area contributed by atoms with E-state index in [4.69, 9.17) is 9.84 Å². The normalized spacial score (nSPS) is 11.2. The van der Waals surface area contributed by atoms with Crippen LogP contribution in [-0.2, 0) is 17.6 Å². The zero-order valence-electron chi connectivity index (χ0n) is 19.3. The van der Waals surface area contributed by atoms with Crippen LogP contribution in [0.1, 0.15) is 34.2 Å². The number of hydrogen-bond donors (Lipinski definition) is 2. The molecular formula is C25H26FN3O3S2. The van der Waals surface area contributed by atoms with Crippen LogP contribution in [0.25, 0.3) is 20.7 Å². The number of rotatable bonds is 10. The number of benzene rings is 1. The van der Waals surface area contributed by atoms with Crippen molar-refractivity contribution in [2.75, 3.05) is 18.5 Å². The van der Waals surface area contributed by atoms with Gasteiger partial charge in [-0.25, -0.2) is 14.4 Å². The third-order valence-electron chi connectivity index (χ3n) is 5.48. The van der Waals surface area contributed by atoms with Crippen molar-refractivity contribution in [1.82, 2.24) is 9.97 Å². The van der Waals surface area contributed by atoms with E-state index < -0.39 is 5.97 Å². The number of carboxylic acid groups (broad SMARTS) is 1. The monoisotopic (exact) mass is 499 g/mol. The Morgan fingerprint density at radius 3 is 2.74 bits per heavy atom. The van der Waals surface area contributed by atoms with Gasteiger partial charge < -0.3 is 15.2 Å². The van der Waals surface area contributed by atoms with Gasteiger partial charge in [0, 0.05) is 33.1 Å². The molecule has 0 atom stereocenters. The fourth-order valence-corrected chi connectivity index (χ4v) is 6.14. The van der Waals surface area contributed by atoms with Gasteiger partial charge in [-0.2, -0.15) is 0 Å². The van der Waals surface area contributed by atoms with Crippen molar-refractivity contribution in [2.45, 2.75) is 40.0 Å². The zero-order chi connectivity index (χ0) is 24.2. The summed E-state index contributed by atoms with van der Waals surface area (Å²) in [5.74, 6) is 0.363. The summed E-state index contributed by atoms with van der Waals surface area (Å²) in [7, 11) is 0. The highest BCUT2D eigenvalue weighted by molar-refractivity contribution is 7.19. The molecule has 0 fully saturated rings. The second-order valence-corrected chi connectivity index (χ2v) is 10.3. The van der Waals surface area contributed by atoms with E-state index in [1.54, 1.807) is 23.5 Å². The quantitative estimate of drug-likeness (QED) is 0.268. The first-order valence-corrected chi connectivity index (χ1v) is 12.7. The Morgan fingerprint density at radius 1 is 1.15 bits per heavy atom. The fourth-order valence-electron chi connectivity index (χ4n) is 3.92. The number of aromatic nitrogens is 2. The van der Waals surface area contributed by atoms with Gasteiger partial charge in [-0.3, -0.25) is 4.79 Å². The maximum atomic E-state index is 14.0. The molecule has 6 nitrogen and oxygen atoms in total. The summed E-state index contributed by atoms with van der Waals surface area (Å²) in [4.78, 5) is 22.7. The molecule has 1 aromatic carbocycles. The van der Waals surface area contributed by atoms with Gasteiger partial charge in [-0.15, -0.1) is 22.7 Å². The SMILES string of the molecule is CCOc1cc(-c2cc(NCCc3c(C)sc4c(C)cc(F)cc34)ncn2)sc1CCC(=O)O. The molecule has 0 saturated heterocycles. The zero-order valence-corrected chi connectivity index (χ0v) is 20.9. The van der Waals surface area contributed by atoms with Gasteiger partial charge in [0.25, 0.3) is 0 Å². The number of nitrogens with zero attached hydrogens (tertiary/aromatic N) is 2. The Kier molecular flexibility index (Phi) is 7.43. The number of aliphatic carboxylic acids is 1. The number of anilines is 1. The molecule has 3 heterocycles. The molecule has 0 aliphatic rings. The molecule has 0 aliphatic carbocycles. The molecular weight excluding hydrogens is 473 g/mol. The average molecular weight is 500 g/mol. The van der Waals surface area contributed by atoms with Crippen molar-refractivity contribution in [3.63, 3.8) is 0 Å². The molecule has 0 unspecified atom stereocenters. The van der Waals surface area contributed by atoms with Crippen LogP contribution in [0.15, 0.2) is 30.6 Å². The maximum Gasteiger partial charge on any atom is 0.303 e. The summed E-state index contributed by atoms with van der Waals surface area (Å²) in [6.07, 6.45) is 2.73. The fraction of sp³-hybridized carbons (Fsp3) is 0.320. The number of thiophene rings is 2. The molecule has 0 aliphatic heterocycles. The van der Waals surface area contributed by atoms with E-state index in [-0.39, 0.29) is 12.2 Å². The Hall–Kier alpha value is -3.04. The number of fused-ring (bicyclic) bond motifs is 1. The summed E-state index contributed by atoms with van der Waals surface area (Å²) in [6.45, 7) is 7.08. The molecule has 3 aromatic heterocycles. The Morgan fingerprint density at radius 2 is 1.97 bits per heavy atom. The largest absolute Gasteiger partial charge is 0.493 e. The number of halogens is 1. The molecule has 34 heavy (non-hydrogen) atoms. The van der Waals surface area contributed by atoms with E-state index in [1.807, 2.05) is 26.0 Å². The van der Waals surface area contributed by atoms with Crippen LogP contribution in [0.3, 0.4) is 0 Å². The second kappa shape index (κ2) is 10.5. The molecule has 2 N–H and O–H groups in total. The molecule has 0 spiro atoms. The van der Waals surface area contributed by atoms with Gasteiger partial charge in [0.1, 0.15) is 23.7 Å². The number of nitrogens with one attached hydrogen (secondary N) is 1. The van der Waals surface area contributed by atoms with Crippen LogP contribution in [-0.4, -0.2) is 34.2 Å². The Bertz CT molecular complexity index is 1330. The van der Waals surface area contributed by atoms with Crippen LogP contribution in [0.2, 0.25) is 0 Å². The van der Waals surface area contributed by atoms with E-state index >= 15 is 0 Å². The highest BCUT2D eigenvalue weighted by atomic mass is 32.1. The topological polar surface area (TPSA) is 84.3 Å². The molecule has 0 amide bonds. The molecule has 0 radical (unpaired) electrons. The van der Waals surface area contributed by atoms with Crippen molar-refractivity contribution in [1.29, 1.82) is 0 Å². The highest BCUT2D eigenvalue weighted by Gasteiger charge is 2.15. The molecule has 0 saturated carbocycles. The minimum Gasteiger partial charge on any atom is -0.493 e. The van der Waals surface area contributed by atoms with Crippen LogP contribution < -0.4 is 10.1 Å². The van der Waals surface area contributed by atoms with Gasteiger partial charge >= 0.3 is 5.97 Å². The van der Waals surface area contributed by atoms with Gasteiger partial charge in [0.05, 0.1) is 23.6 Å². The standard InChI is InChI=1S/C25H26FN3O3S2/c1-4-32-20-12-22(34-21(20)5-6-24(30)31)19-11-23(29-13-28-19)27-8-7-17-15(3)33-25-14(2)9-16(26)10-18(17)25/h9-13H,4-8H2,1-3H3,(H,30,31)(H,27,28,29). The van der Waals surface area contributed by atoms with E-state index in [1.165, 1.54) is 22.5 Å². The van der Waals surface area contributed by atoms with Crippen LogP contribution in [0.5, 0.6) is 5.75 Å². The van der Waals surface area contributed by atoms with Crippen LogP contribution in [0, 0.1) is 19.7 Å². The average Bonchev–Trinajstić information content (AvgIpc) is 3.34. The number of aryl methyl sites for hydroxylation is 3. The van der Waals surface area contributed by atoms with Crippen molar-refractivity contribution < 1.29 is 19.0 Å². The third kappa shape index (κ3) is 5.37. The summed E-state index contributed by atoms with van der Waals surface area (Å²) < 4.78 is 20.8. The number of ether oxygens (including phenoxy) is 1. The molecule has 9 heteroatoms. The first kappa shape index (κ1) is 24.1. The first-order chi connectivity index (χ1) is 16.4. The van der Waals surface area contributed by atoms with Crippen molar-refractivity contribution >= 4 is 44.5 Å². The number of carbonyl (C=O) groups is 1. The second-order valence-electron chi connectivity index (χ2n) is 7.93. The first-order valence-electron chi connectivity index (χ1n) is 11.1. The lowest BCUT2D eigenvalue weighted by molar-refractivity contribution is -0.136. The molecule has 4 rings (SSSR count). The van der Waals surface area contributed by atoms with E-state index in [0.29, 0.717) is 31.1 Å². The summed E-state index contributed by atoms with van der Waals surface area (Å²) in [5.41, 5.74) is 2.87. The predicted molar refractivity (Wildman–Crippen MR) is 136 cm³/mol. The van der Waals surface area contributed by atoms with Crippen molar-refractivity contribution in [3.05, 3.63) is 57.3 Å². The third-order valence-corrected chi connectivity index (χ3v) is 7.98. The van der Waals surface area contributed by atoms with Gasteiger partial charge in [0.2, 0.25) is 0 Å². The van der Waals surface area contributed by atoms with E-state index in [2.05, 4.69) is 22.2 Å². The smallest absolute Gasteiger partial charge is 0.303 e. The van der Waals surface area contributed by atoms with E-state index in [0.717, 1.165) is 43.1 Å². The highest BCUT2D eigenvalue weighted by Crippen LogP contribution is 2.37. The van der Waals surface area contributed by atoms with Crippen LogP contribution >= 0.6 is 22.7 Å². The number of carboxylic acids is 1. The Labute approximate surface area is 205 Å². The van der Waals surface area contributed by atoms with Crippen molar-refractivity contribution in [2.24, 2.45) is 0 Å². The molecule has 0 bridgehead atoms. The lowest BCUT2D eigenvalue weighted by atomic mass is 10.1. The number of hydrogen-bond acceptors (Lipinski definition) is 7. The lowest BCUT2D eigenvalue weighted by Gasteiger charge is -2.07. The maximum absolute atomic E-state index is 14.0. The minimum atomic E-state index is -0.836. The minimum absolute atomic E-state index is 0.0523. The van der Waals surface area contributed by atoms with Gasteiger partial charge in [-0.05, 0) is 62.3 Å².